The Hall–Kier alpha value is -3.13. The molecule has 2 aromatic carbocycles. The van der Waals surface area contributed by atoms with Crippen molar-refractivity contribution in [3.8, 4) is 5.75 Å². The van der Waals surface area contributed by atoms with Crippen LogP contribution in [0.1, 0.15) is 39.8 Å². The van der Waals surface area contributed by atoms with Gasteiger partial charge in [0.05, 0.1) is 16.4 Å². The number of halogens is 1. The molecule has 2 N–H and O–H groups in total. The molecule has 1 heterocycles. The van der Waals surface area contributed by atoms with E-state index in [2.05, 4.69) is 31.7 Å². The summed E-state index contributed by atoms with van der Waals surface area (Å²) >= 11 is 3.45. The second-order valence-electron chi connectivity index (χ2n) is 6.66. The lowest BCUT2D eigenvalue weighted by Gasteiger charge is -2.10. The number of benzene rings is 2. The summed E-state index contributed by atoms with van der Waals surface area (Å²) in [6.07, 6.45) is 2.29. The fourth-order valence-corrected chi connectivity index (χ4v) is 3.24. The van der Waals surface area contributed by atoms with Crippen LogP contribution in [0.2, 0.25) is 0 Å². The number of aromatic nitrogens is 2. The minimum absolute atomic E-state index is 0.275. The van der Waals surface area contributed by atoms with E-state index >= 15 is 0 Å². The zero-order valence-corrected chi connectivity index (χ0v) is 18.4. The Morgan fingerprint density at radius 2 is 1.93 bits per heavy atom. The van der Waals surface area contributed by atoms with E-state index in [1.807, 2.05) is 37.3 Å². The normalized spacial score (nSPS) is 10.5. The lowest BCUT2D eigenvalue weighted by Crippen LogP contribution is -2.27. The number of nitrogens with zero attached hydrogens (tertiary/aromatic N) is 2. The van der Waals surface area contributed by atoms with Crippen LogP contribution in [-0.2, 0) is 13.7 Å². The van der Waals surface area contributed by atoms with Crippen molar-refractivity contribution in [1.29, 1.82) is 0 Å². The van der Waals surface area contributed by atoms with E-state index in [0.29, 0.717) is 30.1 Å². The van der Waals surface area contributed by atoms with Crippen LogP contribution >= 0.6 is 15.9 Å². The van der Waals surface area contributed by atoms with Gasteiger partial charge >= 0.3 is 0 Å². The molecule has 0 saturated carbocycles. The zero-order chi connectivity index (χ0) is 21.5. The van der Waals surface area contributed by atoms with Crippen LogP contribution in [0.5, 0.6) is 5.75 Å². The van der Waals surface area contributed by atoms with Crippen molar-refractivity contribution in [1.82, 2.24) is 15.1 Å². The first-order valence-electron chi connectivity index (χ1n) is 9.57. The molecule has 0 atom stereocenters. The molecule has 0 fully saturated rings. The summed E-state index contributed by atoms with van der Waals surface area (Å²) < 4.78 is 8.13. The van der Waals surface area contributed by atoms with Gasteiger partial charge in [0, 0.05) is 19.2 Å². The molecule has 0 unspecified atom stereocenters. The van der Waals surface area contributed by atoms with E-state index in [-0.39, 0.29) is 11.8 Å². The lowest BCUT2D eigenvalue weighted by molar-refractivity contribution is 0.0945. The largest absolute Gasteiger partial charge is 0.488 e. The molecule has 30 heavy (non-hydrogen) atoms. The average Bonchev–Trinajstić information content (AvgIpc) is 3.11. The highest BCUT2D eigenvalue weighted by Gasteiger charge is 2.19. The first kappa shape index (κ1) is 21.6. The highest BCUT2D eigenvalue weighted by molar-refractivity contribution is 9.10. The minimum atomic E-state index is -0.324. The van der Waals surface area contributed by atoms with Crippen molar-refractivity contribution >= 4 is 33.4 Å². The van der Waals surface area contributed by atoms with Crippen LogP contribution in [-0.4, -0.2) is 28.1 Å². The van der Waals surface area contributed by atoms with E-state index in [9.17, 15) is 9.59 Å². The van der Waals surface area contributed by atoms with Gasteiger partial charge in [-0.05, 0) is 52.2 Å². The van der Waals surface area contributed by atoms with Crippen molar-refractivity contribution in [2.75, 3.05) is 11.9 Å². The summed E-state index contributed by atoms with van der Waals surface area (Å²) in [6.45, 7) is 2.84. The van der Waals surface area contributed by atoms with E-state index in [0.717, 1.165) is 22.2 Å². The second-order valence-corrected chi connectivity index (χ2v) is 7.51. The Kier molecular flexibility index (Phi) is 7.24. The molecule has 1 aromatic heterocycles. The van der Waals surface area contributed by atoms with Gasteiger partial charge in [-0.1, -0.05) is 31.2 Å². The van der Waals surface area contributed by atoms with Crippen LogP contribution in [0.15, 0.2) is 59.2 Å². The Morgan fingerprint density at radius 3 is 2.70 bits per heavy atom. The minimum Gasteiger partial charge on any atom is -0.488 e. The van der Waals surface area contributed by atoms with E-state index in [1.54, 1.807) is 25.2 Å². The number of ether oxygens (including phenoxy) is 1. The number of rotatable bonds is 8. The molecule has 8 heteroatoms. The molecule has 0 spiro atoms. The number of nitrogens with one attached hydrogen (secondary N) is 2. The van der Waals surface area contributed by atoms with E-state index in [1.165, 1.54) is 10.9 Å². The standard InChI is InChI=1S/C22H23BrN4O3/c1-3-11-24-22(29)20-18(13-25-27(20)2)26-21(28)16-8-6-7-15(12-16)14-30-19-10-5-4-9-17(19)23/h4-10,12-13H,3,11,14H2,1-2H3,(H,24,29)(H,26,28). The summed E-state index contributed by atoms with van der Waals surface area (Å²) in [6, 6.07) is 14.7. The number of aryl methyl sites for hydroxylation is 1. The summed E-state index contributed by atoms with van der Waals surface area (Å²) in [7, 11) is 1.66. The maximum Gasteiger partial charge on any atom is 0.271 e. The number of hydrogen-bond donors (Lipinski definition) is 2. The smallest absolute Gasteiger partial charge is 0.271 e. The Balaban J connectivity index is 1.70. The number of carbonyl (C=O) groups is 2. The zero-order valence-electron chi connectivity index (χ0n) is 16.8. The molecule has 0 bridgehead atoms. The Bertz CT molecular complexity index is 1050. The second kappa shape index (κ2) is 10.1. The maximum atomic E-state index is 12.8. The van der Waals surface area contributed by atoms with Crippen molar-refractivity contribution in [3.63, 3.8) is 0 Å². The number of para-hydroxylation sites is 1. The predicted octanol–water partition coefficient (Wildman–Crippen LogP) is 4.15. The molecule has 156 valence electrons. The van der Waals surface area contributed by atoms with Gasteiger partial charge in [0.15, 0.2) is 0 Å². The van der Waals surface area contributed by atoms with Crippen LogP contribution in [0.3, 0.4) is 0 Å². The molecular formula is C22H23BrN4O3. The summed E-state index contributed by atoms with van der Waals surface area (Å²) in [4.78, 5) is 25.1. The van der Waals surface area contributed by atoms with Crippen molar-refractivity contribution in [2.24, 2.45) is 7.05 Å². The molecule has 3 aromatic rings. The van der Waals surface area contributed by atoms with Gasteiger partial charge in [-0.2, -0.15) is 5.10 Å². The highest BCUT2D eigenvalue weighted by Crippen LogP contribution is 2.25. The first-order chi connectivity index (χ1) is 14.5. The monoisotopic (exact) mass is 470 g/mol. The Morgan fingerprint density at radius 1 is 1.13 bits per heavy atom. The molecular weight excluding hydrogens is 448 g/mol. The molecule has 0 aliphatic carbocycles. The fraction of sp³-hybridized carbons (Fsp3) is 0.227. The van der Waals surface area contributed by atoms with Gasteiger partial charge in [0.2, 0.25) is 0 Å². The predicted molar refractivity (Wildman–Crippen MR) is 119 cm³/mol. The van der Waals surface area contributed by atoms with Gasteiger partial charge in [0.25, 0.3) is 11.8 Å². The van der Waals surface area contributed by atoms with Gasteiger partial charge in [-0.25, -0.2) is 0 Å². The summed E-state index contributed by atoms with van der Waals surface area (Å²) in [5.41, 5.74) is 1.99. The third-order valence-electron chi connectivity index (χ3n) is 4.36. The van der Waals surface area contributed by atoms with Crippen LogP contribution in [0.4, 0.5) is 5.69 Å². The lowest BCUT2D eigenvalue weighted by atomic mass is 10.1. The molecule has 7 nitrogen and oxygen atoms in total. The third kappa shape index (κ3) is 5.27. The SMILES string of the molecule is CCCNC(=O)c1c(NC(=O)c2cccc(COc3ccccc3Br)c2)cnn1C. The summed E-state index contributed by atoms with van der Waals surface area (Å²) in [5, 5.41) is 9.69. The van der Waals surface area contributed by atoms with Crippen LogP contribution in [0.25, 0.3) is 0 Å². The molecule has 3 rings (SSSR count). The van der Waals surface area contributed by atoms with Gasteiger partial charge in [-0.3, -0.25) is 14.3 Å². The molecule has 0 aliphatic heterocycles. The quantitative estimate of drug-likeness (QED) is 0.517. The first-order valence-corrected chi connectivity index (χ1v) is 10.4. The maximum absolute atomic E-state index is 12.8. The molecule has 0 aliphatic rings. The molecule has 0 saturated heterocycles. The fourth-order valence-electron chi connectivity index (χ4n) is 2.84. The number of anilines is 1. The van der Waals surface area contributed by atoms with Crippen molar-refractivity contribution < 1.29 is 14.3 Å². The number of carbonyl (C=O) groups excluding carboxylic acids is 2. The number of amides is 2. The van der Waals surface area contributed by atoms with Gasteiger partial charge in [0.1, 0.15) is 18.1 Å². The van der Waals surface area contributed by atoms with E-state index in [4.69, 9.17) is 4.74 Å². The van der Waals surface area contributed by atoms with Crippen LogP contribution in [0, 0.1) is 0 Å². The molecule has 2 amide bonds. The van der Waals surface area contributed by atoms with E-state index < -0.39 is 0 Å². The number of hydrogen-bond acceptors (Lipinski definition) is 4. The summed E-state index contributed by atoms with van der Waals surface area (Å²) in [5.74, 6) is 0.128. The highest BCUT2D eigenvalue weighted by atomic mass is 79.9. The van der Waals surface area contributed by atoms with Crippen molar-refractivity contribution in [3.05, 3.63) is 76.0 Å². The van der Waals surface area contributed by atoms with Gasteiger partial charge in [-0.15, -0.1) is 0 Å². The molecule has 0 radical (unpaired) electrons. The van der Waals surface area contributed by atoms with Crippen LogP contribution < -0.4 is 15.4 Å². The van der Waals surface area contributed by atoms with Crippen molar-refractivity contribution in [2.45, 2.75) is 20.0 Å². The average molecular weight is 471 g/mol. The third-order valence-corrected chi connectivity index (χ3v) is 5.01. The topological polar surface area (TPSA) is 85.2 Å². The van der Waals surface area contributed by atoms with Gasteiger partial charge < -0.3 is 15.4 Å². The Labute approximate surface area is 183 Å².